The molecule has 1 aromatic carbocycles. The Morgan fingerprint density at radius 2 is 1.76 bits per heavy atom. The van der Waals surface area contributed by atoms with Gasteiger partial charge in [0.05, 0.1) is 29.3 Å². The molecule has 116 valence electrons. The van der Waals surface area contributed by atoms with Gasteiger partial charge in [-0.15, -0.1) is 0 Å². The van der Waals surface area contributed by atoms with Crippen LogP contribution in [-0.2, 0) is 19.4 Å². The zero-order chi connectivity index (χ0) is 15.5. The third-order valence-electron chi connectivity index (χ3n) is 4.06. The van der Waals surface area contributed by atoms with Crippen LogP contribution in [-0.4, -0.2) is 38.0 Å². The van der Waals surface area contributed by atoms with Crippen molar-refractivity contribution in [3.05, 3.63) is 30.3 Å². The van der Waals surface area contributed by atoms with Crippen molar-refractivity contribution in [2.75, 3.05) is 7.11 Å². The molecule has 1 N–H and O–H groups in total. The lowest BCUT2D eigenvalue weighted by atomic mass is 9.98. The average Bonchev–Trinajstić information content (AvgIpc) is 2.69. The molecule has 0 aromatic heterocycles. The second kappa shape index (κ2) is 6.58. The first-order valence-electron chi connectivity index (χ1n) is 7.01. The number of methoxy groups -OCH3 is 1. The minimum Gasteiger partial charge on any atom is -0.469 e. The van der Waals surface area contributed by atoms with E-state index in [0.717, 1.165) is 0 Å². The number of esters is 1. The van der Waals surface area contributed by atoms with Gasteiger partial charge in [0.1, 0.15) is 0 Å². The Bertz CT molecular complexity index is 581. The van der Waals surface area contributed by atoms with Gasteiger partial charge in [-0.2, -0.15) is 0 Å². The molecule has 0 spiro atoms. The molecule has 0 aliphatic heterocycles. The Balaban J connectivity index is 2.18. The number of aliphatic hydroxyl groups excluding tert-OH is 1. The minimum atomic E-state index is -3.43. The van der Waals surface area contributed by atoms with Gasteiger partial charge >= 0.3 is 5.97 Å². The number of sulfone groups is 1. The topological polar surface area (TPSA) is 80.7 Å². The van der Waals surface area contributed by atoms with E-state index in [1.54, 1.807) is 30.3 Å². The summed E-state index contributed by atoms with van der Waals surface area (Å²) in [6.45, 7) is 0. The summed E-state index contributed by atoms with van der Waals surface area (Å²) in [6.07, 6.45) is 0.481. The highest BCUT2D eigenvalue weighted by atomic mass is 32.2. The van der Waals surface area contributed by atoms with Crippen LogP contribution in [0, 0.1) is 5.92 Å². The first-order chi connectivity index (χ1) is 9.96. The van der Waals surface area contributed by atoms with Crippen LogP contribution in [0.15, 0.2) is 35.2 Å². The molecule has 6 heteroatoms. The van der Waals surface area contributed by atoms with E-state index < -0.39 is 33.1 Å². The fourth-order valence-electron chi connectivity index (χ4n) is 2.80. The Morgan fingerprint density at radius 3 is 2.38 bits per heavy atom. The Hall–Kier alpha value is -1.40. The second-order valence-corrected chi connectivity index (χ2v) is 7.56. The predicted octanol–water partition coefficient (Wildman–Crippen LogP) is 1.55. The summed E-state index contributed by atoms with van der Waals surface area (Å²) < 4.78 is 29.9. The lowest BCUT2D eigenvalue weighted by Crippen LogP contribution is -2.28. The van der Waals surface area contributed by atoms with Crippen LogP contribution < -0.4 is 0 Å². The van der Waals surface area contributed by atoms with Crippen LogP contribution in [0.4, 0.5) is 0 Å². The third kappa shape index (κ3) is 3.44. The van der Waals surface area contributed by atoms with Crippen LogP contribution in [0.5, 0.6) is 0 Å². The lowest BCUT2D eigenvalue weighted by molar-refractivity contribution is -0.149. The van der Waals surface area contributed by atoms with Crippen molar-refractivity contribution in [2.24, 2.45) is 5.92 Å². The number of benzene rings is 1. The quantitative estimate of drug-likeness (QED) is 0.676. The Morgan fingerprint density at radius 1 is 1.14 bits per heavy atom. The standard InChI is InChI=1S/C15H20O5S/c1-20-15(17)13-9-7-12(8-10-14(13)16)21(18,19)11-5-3-2-4-6-11/h2-6,12-14,16H,7-10H2,1H3/t12-,13-,14-/m0/s1. The number of carbonyl (C=O) groups is 1. The van der Waals surface area contributed by atoms with Gasteiger partial charge in [-0.25, -0.2) is 8.42 Å². The number of carbonyl (C=O) groups excluding carboxylic acids is 1. The molecule has 5 nitrogen and oxygen atoms in total. The van der Waals surface area contributed by atoms with Gasteiger partial charge in [-0.1, -0.05) is 18.2 Å². The van der Waals surface area contributed by atoms with Crippen molar-refractivity contribution in [1.29, 1.82) is 0 Å². The van der Waals surface area contributed by atoms with Crippen LogP contribution in [0.2, 0.25) is 0 Å². The van der Waals surface area contributed by atoms with E-state index in [1.165, 1.54) is 7.11 Å². The van der Waals surface area contributed by atoms with Crippen LogP contribution in [0.1, 0.15) is 25.7 Å². The molecule has 0 unspecified atom stereocenters. The van der Waals surface area contributed by atoms with Crippen molar-refractivity contribution in [3.8, 4) is 0 Å². The van der Waals surface area contributed by atoms with Crippen molar-refractivity contribution >= 4 is 15.8 Å². The largest absolute Gasteiger partial charge is 0.469 e. The molecule has 0 heterocycles. The van der Waals surface area contributed by atoms with Gasteiger partial charge in [0.2, 0.25) is 0 Å². The second-order valence-electron chi connectivity index (χ2n) is 5.33. The summed E-state index contributed by atoms with van der Waals surface area (Å²) >= 11 is 0. The molecule has 21 heavy (non-hydrogen) atoms. The highest BCUT2D eigenvalue weighted by Gasteiger charge is 2.36. The molecule has 1 aromatic rings. The highest BCUT2D eigenvalue weighted by Crippen LogP contribution is 2.31. The molecular formula is C15H20O5S. The van der Waals surface area contributed by atoms with Crippen molar-refractivity contribution in [3.63, 3.8) is 0 Å². The van der Waals surface area contributed by atoms with Crippen LogP contribution in [0.3, 0.4) is 0 Å². The molecular weight excluding hydrogens is 292 g/mol. The minimum absolute atomic E-state index is 0.288. The van der Waals surface area contributed by atoms with Crippen molar-refractivity contribution < 1.29 is 23.1 Å². The van der Waals surface area contributed by atoms with E-state index in [0.29, 0.717) is 24.2 Å². The van der Waals surface area contributed by atoms with Gasteiger partial charge in [0, 0.05) is 0 Å². The van der Waals surface area contributed by atoms with Crippen molar-refractivity contribution in [2.45, 2.75) is 41.9 Å². The summed E-state index contributed by atoms with van der Waals surface area (Å²) in [6, 6.07) is 8.30. The molecule has 3 atom stereocenters. The first kappa shape index (κ1) is 16.0. The molecule has 1 saturated carbocycles. The average molecular weight is 312 g/mol. The summed E-state index contributed by atoms with van der Waals surface area (Å²) in [7, 11) is -2.15. The third-order valence-corrected chi connectivity index (χ3v) is 6.34. The number of rotatable bonds is 3. The molecule has 0 saturated heterocycles. The number of aliphatic hydroxyl groups is 1. The van der Waals surface area contributed by atoms with Crippen LogP contribution in [0.25, 0.3) is 0 Å². The van der Waals surface area contributed by atoms with Gasteiger partial charge in [0.15, 0.2) is 9.84 Å². The molecule has 1 aliphatic carbocycles. The van der Waals surface area contributed by atoms with Gasteiger partial charge in [0.25, 0.3) is 0 Å². The predicted molar refractivity (Wildman–Crippen MR) is 77.4 cm³/mol. The smallest absolute Gasteiger partial charge is 0.311 e. The maximum atomic E-state index is 12.6. The molecule has 1 aliphatic rings. The van der Waals surface area contributed by atoms with E-state index in [-0.39, 0.29) is 6.42 Å². The Kier molecular flexibility index (Phi) is 5.00. The number of ether oxygens (including phenoxy) is 1. The zero-order valence-corrected chi connectivity index (χ0v) is 12.8. The number of hydrogen-bond acceptors (Lipinski definition) is 5. The fraction of sp³-hybridized carbons (Fsp3) is 0.533. The summed E-state index contributed by atoms with van der Waals surface area (Å²) in [5, 5.41) is 9.44. The molecule has 0 amide bonds. The van der Waals surface area contributed by atoms with Gasteiger partial charge < -0.3 is 9.84 Å². The highest BCUT2D eigenvalue weighted by molar-refractivity contribution is 7.92. The van der Waals surface area contributed by atoms with E-state index in [4.69, 9.17) is 0 Å². The normalized spacial score (nSPS) is 26.9. The van der Waals surface area contributed by atoms with E-state index in [9.17, 15) is 18.3 Å². The number of hydrogen-bond donors (Lipinski definition) is 1. The maximum Gasteiger partial charge on any atom is 0.311 e. The lowest BCUT2D eigenvalue weighted by Gasteiger charge is -2.16. The van der Waals surface area contributed by atoms with Gasteiger partial charge in [-0.05, 0) is 37.8 Å². The zero-order valence-electron chi connectivity index (χ0n) is 11.9. The maximum absolute atomic E-state index is 12.6. The van der Waals surface area contributed by atoms with E-state index in [1.807, 2.05) is 0 Å². The van der Waals surface area contributed by atoms with Gasteiger partial charge in [-0.3, -0.25) is 4.79 Å². The fourth-order valence-corrected chi connectivity index (χ4v) is 4.61. The summed E-state index contributed by atoms with van der Waals surface area (Å²) in [4.78, 5) is 11.9. The summed E-state index contributed by atoms with van der Waals surface area (Å²) in [5.41, 5.74) is 0. The van der Waals surface area contributed by atoms with Crippen molar-refractivity contribution in [1.82, 2.24) is 0 Å². The first-order valence-corrected chi connectivity index (χ1v) is 8.56. The molecule has 0 bridgehead atoms. The van der Waals surface area contributed by atoms with E-state index >= 15 is 0 Å². The SMILES string of the molecule is COC(=O)[C@H]1CC[C@H](S(=O)(=O)c2ccccc2)CC[C@@H]1O. The Labute approximate surface area is 124 Å². The molecule has 0 radical (unpaired) electrons. The molecule has 2 rings (SSSR count). The monoisotopic (exact) mass is 312 g/mol. The van der Waals surface area contributed by atoms with E-state index in [2.05, 4.69) is 4.74 Å². The molecule has 1 fully saturated rings. The van der Waals surface area contributed by atoms with Crippen LogP contribution >= 0.6 is 0 Å². The summed E-state index contributed by atoms with van der Waals surface area (Å²) in [5.74, 6) is -1.11.